The van der Waals surface area contributed by atoms with Gasteiger partial charge in [-0.05, 0) is 68.9 Å². The molecule has 0 aliphatic carbocycles. The number of rotatable bonds is 8. The lowest BCUT2D eigenvalue weighted by Crippen LogP contribution is -2.45. The lowest BCUT2D eigenvalue weighted by molar-refractivity contribution is 0.153. The number of nitrogens with zero attached hydrogens (tertiary/aromatic N) is 2. The van der Waals surface area contributed by atoms with Gasteiger partial charge in [-0.25, -0.2) is 25.9 Å². The van der Waals surface area contributed by atoms with Crippen LogP contribution in [0.4, 0.5) is 4.39 Å². The number of hydrogen-bond acceptors (Lipinski definition) is 6. The Morgan fingerprint density at radius 2 is 1.55 bits per heavy atom. The summed E-state index contributed by atoms with van der Waals surface area (Å²) < 4.78 is 67.1. The molecule has 0 saturated carbocycles. The van der Waals surface area contributed by atoms with Crippen molar-refractivity contribution in [3.8, 4) is 0 Å². The highest BCUT2D eigenvalue weighted by Gasteiger charge is 2.23. The number of piperazine rings is 1. The summed E-state index contributed by atoms with van der Waals surface area (Å²) in [5.74, 6) is -0.549. The Morgan fingerprint density at radius 3 is 2.19 bits per heavy atom. The van der Waals surface area contributed by atoms with Crippen LogP contribution in [0.15, 0.2) is 57.2 Å². The molecular weight excluding hydrogens is 441 g/mol. The molecule has 0 radical (unpaired) electrons. The van der Waals surface area contributed by atoms with E-state index in [2.05, 4.69) is 21.6 Å². The number of sulfone groups is 1. The van der Waals surface area contributed by atoms with Gasteiger partial charge >= 0.3 is 0 Å². The summed E-state index contributed by atoms with van der Waals surface area (Å²) in [6.45, 7) is 6.61. The molecule has 1 aliphatic heterocycles. The van der Waals surface area contributed by atoms with E-state index < -0.39 is 25.7 Å². The lowest BCUT2D eigenvalue weighted by Gasteiger charge is -2.32. The predicted octanol–water partition coefficient (Wildman–Crippen LogP) is 1.88. The van der Waals surface area contributed by atoms with Gasteiger partial charge in [-0.15, -0.1) is 0 Å². The first kappa shape index (κ1) is 23.8. The van der Waals surface area contributed by atoms with Gasteiger partial charge in [0, 0.05) is 32.7 Å². The smallest absolute Gasteiger partial charge is 0.240 e. The van der Waals surface area contributed by atoms with E-state index in [1.807, 2.05) is 0 Å². The standard InChI is InChI=1S/C21H28FN3O4S2/c1-17-4-7-20(30(26,27)19-8-5-18(22)6-9-19)16-21(17)31(28,29)23-10-3-11-25-14-12-24(2)13-15-25/h4-9,16,23H,3,10-15H2,1-2H3. The second kappa shape index (κ2) is 9.74. The molecule has 1 N–H and O–H groups in total. The first-order valence-corrected chi connectivity index (χ1v) is 13.1. The molecule has 3 rings (SSSR count). The fraction of sp³-hybridized carbons (Fsp3) is 0.429. The molecular formula is C21H28FN3O4S2. The molecule has 31 heavy (non-hydrogen) atoms. The van der Waals surface area contributed by atoms with Gasteiger partial charge in [-0.3, -0.25) is 0 Å². The number of benzene rings is 2. The van der Waals surface area contributed by atoms with Crippen LogP contribution in [0.25, 0.3) is 0 Å². The third kappa shape index (κ3) is 5.89. The number of nitrogens with one attached hydrogen (secondary N) is 1. The van der Waals surface area contributed by atoms with Crippen molar-refractivity contribution >= 4 is 19.9 Å². The van der Waals surface area contributed by atoms with Crippen LogP contribution >= 0.6 is 0 Å². The molecule has 2 aromatic carbocycles. The van der Waals surface area contributed by atoms with Gasteiger partial charge in [0.2, 0.25) is 19.9 Å². The first-order valence-electron chi connectivity index (χ1n) is 10.1. The Bertz CT molecular complexity index is 1110. The molecule has 1 saturated heterocycles. The van der Waals surface area contributed by atoms with Crippen molar-refractivity contribution in [1.29, 1.82) is 0 Å². The largest absolute Gasteiger partial charge is 0.304 e. The van der Waals surface area contributed by atoms with Crippen LogP contribution < -0.4 is 4.72 Å². The second-order valence-corrected chi connectivity index (χ2v) is 11.5. The first-order chi connectivity index (χ1) is 14.6. The summed E-state index contributed by atoms with van der Waals surface area (Å²) >= 11 is 0. The number of likely N-dealkylation sites (N-methyl/N-ethyl adjacent to an activating group) is 1. The number of halogens is 1. The van der Waals surface area contributed by atoms with Crippen LogP contribution in [0.2, 0.25) is 0 Å². The van der Waals surface area contributed by atoms with Gasteiger partial charge in [0.1, 0.15) is 5.82 Å². The molecule has 10 heteroatoms. The van der Waals surface area contributed by atoms with Crippen LogP contribution in [0, 0.1) is 12.7 Å². The Balaban J connectivity index is 1.70. The maximum absolute atomic E-state index is 13.1. The number of aryl methyl sites for hydroxylation is 1. The molecule has 0 atom stereocenters. The SMILES string of the molecule is Cc1ccc(S(=O)(=O)c2ccc(F)cc2)cc1S(=O)(=O)NCCCN1CCN(C)CC1. The maximum Gasteiger partial charge on any atom is 0.240 e. The quantitative estimate of drug-likeness (QED) is 0.469. The van der Waals surface area contributed by atoms with Crippen molar-refractivity contribution in [3.05, 3.63) is 53.8 Å². The summed E-state index contributed by atoms with van der Waals surface area (Å²) in [5, 5.41) is 0. The van der Waals surface area contributed by atoms with E-state index in [9.17, 15) is 21.2 Å². The van der Waals surface area contributed by atoms with Crippen LogP contribution in [-0.4, -0.2) is 73.0 Å². The summed E-state index contributed by atoms with van der Waals surface area (Å²) in [6, 6.07) is 8.43. The minimum Gasteiger partial charge on any atom is -0.304 e. The van der Waals surface area contributed by atoms with Crippen LogP contribution in [-0.2, 0) is 19.9 Å². The van der Waals surface area contributed by atoms with Crippen LogP contribution in [0.1, 0.15) is 12.0 Å². The average Bonchev–Trinajstić information content (AvgIpc) is 2.73. The minimum atomic E-state index is -3.97. The minimum absolute atomic E-state index is 0.0738. The predicted molar refractivity (Wildman–Crippen MR) is 117 cm³/mol. The Labute approximate surface area is 183 Å². The molecule has 1 heterocycles. The molecule has 0 bridgehead atoms. The van der Waals surface area contributed by atoms with Gasteiger partial charge < -0.3 is 9.80 Å². The maximum atomic E-state index is 13.1. The van der Waals surface area contributed by atoms with E-state index in [4.69, 9.17) is 0 Å². The summed E-state index contributed by atoms with van der Waals surface area (Å²) in [7, 11) is -5.76. The monoisotopic (exact) mass is 469 g/mol. The molecule has 1 fully saturated rings. The normalized spacial score (nSPS) is 16.5. The van der Waals surface area contributed by atoms with E-state index in [-0.39, 0.29) is 21.2 Å². The zero-order valence-corrected chi connectivity index (χ0v) is 19.3. The highest BCUT2D eigenvalue weighted by molar-refractivity contribution is 7.91. The molecule has 2 aromatic rings. The zero-order chi connectivity index (χ0) is 22.6. The molecule has 1 aliphatic rings. The molecule has 170 valence electrons. The van der Waals surface area contributed by atoms with E-state index >= 15 is 0 Å². The Hall–Kier alpha value is -1.85. The van der Waals surface area contributed by atoms with E-state index in [0.29, 0.717) is 12.0 Å². The van der Waals surface area contributed by atoms with E-state index in [0.717, 1.165) is 63.1 Å². The lowest BCUT2D eigenvalue weighted by atomic mass is 10.2. The summed E-state index contributed by atoms with van der Waals surface area (Å²) in [5.41, 5.74) is 0.449. The highest BCUT2D eigenvalue weighted by Crippen LogP contribution is 2.25. The third-order valence-electron chi connectivity index (χ3n) is 5.42. The topological polar surface area (TPSA) is 86.8 Å². The number of sulfonamides is 1. The Kier molecular flexibility index (Phi) is 7.48. The Morgan fingerprint density at radius 1 is 0.935 bits per heavy atom. The summed E-state index contributed by atoms with van der Waals surface area (Å²) in [4.78, 5) is 4.24. The third-order valence-corrected chi connectivity index (χ3v) is 8.79. The van der Waals surface area contributed by atoms with Crippen molar-refractivity contribution in [1.82, 2.24) is 14.5 Å². The molecule has 0 spiro atoms. The van der Waals surface area contributed by atoms with Crippen molar-refractivity contribution in [2.24, 2.45) is 0 Å². The fourth-order valence-electron chi connectivity index (χ4n) is 3.45. The van der Waals surface area contributed by atoms with Gasteiger partial charge in [-0.1, -0.05) is 6.07 Å². The van der Waals surface area contributed by atoms with Crippen LogP contribution in [0.3, 0.4) is 0 Å². The van der Waals surface area contributed by atoms with Crippen molar-refractivity contribution in [2.45, 2.75) is 28.0 Å². The molecule has 0 aromatic heterocycles. The van der Waals surface area contributed by atoms with Gasteiger partial charge in [0.25, 0.3) is 0 Å². The van der Waals surface area contributed by atoms with Crippen LogP contribution in [0.5, 0.6) is 0 Å². The van der Waals surface area contributed by atoms with Gasteiger partial charge in [0.15, 0.2) is 0 Å². The fourth-order valence-corrected chi connectivity index (χ4v) is 6.15. The van der Waals surface area contributed by atoms with Crippen molar-refractivity contribution in [2.75, 3.05) is 46.3 Å². The highest BCUT2D eigenvalue weighted by atomic mass is 32.2. The molecule has 0 amide bonds. The molecule has 0 unspecified atom stereocenters. The summed E-state index contributed by atoms with van der Waals surface area (Å²) in [6.07, 6.45) is 0.662. The average molecular weight is 470 g/mol. The van der Waals surface area contributed by atoms with Gasteiger partial charge in [-0.2, -0.15) is 0 Å². The van der Waals surface area contributed by atoms with Crippen molar-refractivity contribution < 1.29 is 21.2 Å². The van der Waals surface area contributed by atoms with Crippen molar-refractivity contribution in [3.63, 3.8) is 0 Å². The van der Waals surface area contributed by atoms with Gasteiger partial charge in [0.05, 0.1) is 14.7 Å². The number of hydrogen-bond donors (Lipinski definition) is 1. The van der Waals surface area contributed by atoms with E-state index in [1.165, 1.54) is 12.1 Å². The zero-order valence-electron chi connectivity index (χ0n) is 17.7. The van der Waals surface area contributed by atoms with E-state index in [1.54, 1.807) is 6.92 Å². The second-order valence-electron chi connectivity index (χ2n) is 7.78. The molecule has 7 nitrogen and oxygen atoms in total.